The first-order valence-electron chi connectivity index (χ1n) is 9.73. The summed E-state index contributed by atoms with van der Waals surface area (Å²) in [6.45, 7) is 4.94. The van der Waals surface area contributed by atoms with Crippen LogP contribution < -0.4 is 10.1 Å². The Morgan fingerprint density at radius 3 is 2.80 bits per heavy atom. The van der Waals surface area contributed by atoms with Gasteiger partial charge in [0, 0.05) is 18.1 Å². The van der Waals surface area contributed by atoms with Gasteiger partial charge in [-0.05, 0) is 61.4 Å². The molecule has 2 aromatic carbocycles. The summed E-state index contributed by atoms with van der Waals surface area (Å²) in [6, 6.07) is 19.0. The lowest BCUT2D eigenvalue weighted by Gasteiger charge is -2.08. The topological polar surface area (TPSA) is 69.3 Å². The van der Waals surface area contributed by atoms with Gasteiger partial charge in [-0.25, -0.2) is 0 Å². The molecule has 4 aromatic rings. The SMILES string of the molecule is Cc1ccc(OCc2ccc(C(=O)Nc3cccc(Cn4cccn4)c3)o2)c(C)c1. The minimum atomic E-state index is -0.302. The fraction of sp³-hybridized carbons (Fsp3) is 0.167. The molecule has 152 valence electrons. The van der Waals surface area contributed by atoms with Crippen LogP contribution in [0.25, 0.3) is 0 Å². The van der Waals surface area contributed by atoms with Gasteiger partial charge in [0.05, 0.1) is 6.54 Å². The van der Waals surface area contributed by atoms with E-state index in [4.69, 9.17) is 9.15 Å². The largest absolute Gasteiger partial charge is 0.485 e. The molecule has 2 aromatic heterocycles. The van der Waals surface area contributed by atoms with Gasteiger partial charge in [-0.15, -0.1) is 0 Å². The van der Waals surface area contributed by atoms with Crippen LogP contribution in [0, 0.1) is 13.8 Å². The van der Waals surface area contributed by atoms with Crippen LogP contribution in [-0.4, -0.2) is 15.7 Å². The van der Waals surface area contributed by atoms with Gasteiger partial charge in [0.1, 0.15) is 18.1 Å². The van der Waals surface area contributed by atoms with E-state index in [1.54, 1.807) is 18.3 Å². The molecule has 0 saturated carbocycles. The number of hydrogen-bond donors (Lipinski definition) is 1. The van der Waals surface area contributed by atoms with Gasteiger partial charge in [0.25, 0.3) is 5.91 Å². The molecule has 0 aliphatic rings. The second kappa shape index (κ2) is 8.69. The zero-order valence-corrected chi connectivity index (χ0v) is 17.0. The summed E-state index contributed by atoms with van der Waals surface area (Å²) >= 11 is 0. The molecule has 6 heteroatoms. The lowest BCUT2D eigenvalue weighted by Crippen LogP contribution is -2.11. The van der Waals surface area contributed by atoms with E-state index < -0.39 is 0 Å². The average molecular weight is 401 g/mol. The lowest BCUT2D eigenvalue weighted by molar-refractivity contribution is 0.0992. The third kappa shape index (κ3) is 4.78. The molecule has 1 N–H and O–H groups in total. The summed E-state index contributed by atoms with van der Waals surface area (Å²) in [6.07, 6.45) is 3.64. The Balaban J connectivity index is 1.37. The fourth-order valence-electron chi connectivity index (χ4n) is 3.21. The van der Waals surface area contributed by atoms with Crippen molar-refractivity contribution in [1.29, 1.82) is 0 Å². The number of hydrogen-bond acceptors (Lipinski definition) is 4. The number of nitrogens with zero attached hydrogens (tertiary/aromatic N) is 2. The second-order valence-corrected chi connectivity index (χ2v) is 7.18. The zero-order valence-electron chi connectivity index (χ0n) is 17.0. The number of rotatable bonds is 7. The predicted molar refractivity (Wildman–Crippen MR) is 115 cm³/mol. The number of carbonyl (C=O) groups excluding carboxylic acids is 1. The summed E-state index contributed by atoms with van der Waals surface area (Å²) < 4.78 is 13.3. The summed E-state index contributed by atoms with van der Waals surface area (Å²) in [5, 5.41) is 7.08. The number of nitrogens with one attached hydrogen (secondary N) is 1. The molecule has 6 nitrogen and oxygen atoms in total. The van der Waals surface area contributed by atoms with E-state index >= 15 is 0 Å². The molecule has 0 unspecified atom stereocenters. The minimum absolute atomic E-state index is 0.242. The van der Waals surface area contributed by atoms with E-state index in [9.17, 15) is 4.79 Å². The van der Waals surface area contributed by atoms with Crippen LogP contribution in [0.2, 0.25) is 0 Å². The standard InChI is InChI=1S/C24H23N3O3/c1-17-7-9-22(18(2)13-17)29-16-21-8-10-23(30-21)24(28)26-20-6-3-5-19(14-20)15-27-12-4-11-25-27/h3-14H,15-16H2,1-2H3,(H,26,28). The number of ether oxygens (including phenoxy) is 1. The van der Waals surface area contributed by atoms with Crippen LogP contribution in [0.5, 0.6) is 5.75 Å². The summed E-state index contributed by atoms with van der Waals surface area (Å²) in [5.41, 5.74) is 3.99. The third-order valence-corrected chi connectivity index (χ3v) is 4.67. The minimum Gasteiger partial charge on any atom is -0.485 e. The Morgan fingerprint density at radius 2 is 2.00 bits per heavy atom. The van der Waals surface area contributed by atoms with Crippen molar-refractivity contribution in [2.75, 3.05) is 5.32 Å². The molecule has 1 amide bonds. The van der Waals surface area contributed by atoms with Gasteiger partial charge in [-0.1, -0.05) is 29.8 Å². The first-order chi connectivity index (χ1) is 14.6. The Hall–Kier alpha value is -3.80. The van der Waals surface area contributed by atoms with Gasteiger partial charge in [-0.3, -0.25) is 9.48 Å². The van der Waals surface area contributed by atoms with Crippen LogP contribution in [0.4, 0.5) is 5.69 Å². The van der Waals surface area contributed by atoms with Gasteiger partial charge in [0.2, 0.25) is 0 Å². The molecule has 0 aliphatic carbocycles. The lowest BCUT2D eigenvalue weighted by atomic mass is 10.1. The highest BCUT2D eigenvalue weighted by atomic mass is 16.5. The maximum absolute atomic E-state index is 12.6. The van der Waals surface area contributed by atoms with Gasteiger partial charge in [0.15, 0.2) is 5.76 Å². The summed E-state index contributed by atoms with van der Waals surface area (Å²) in [7, 11) is 0. The Kier molecular flexibility index (Phi) is 5.66. The molecule has 30 heavy (non-hydrogen) atoms. The van der Waals surface area contributed by atoms with Gasteiger partial charge in [-0.2, -0.15) is 5.10 Å². The van der Waals surface area contributed by atoms with Crippen molar-refractivity contribution in [3.63, 3.8) is 0 Å². The number of aryl methyl sites for hydroxylation is 2. The van der Waals surface area contributed by atoms with Gasteiger partial charge < -0.3 is 14.5 Å². The van der Waals surface area contributed by atoms with E-state index in [1.807, 2.05) is 67.2 Å². The predicted octanol–water partition coefficient (Wildman–Crippen LogP) is 4.97. The van der Waals surface area contributed by atoms with E-state index in [0.29, 0.717) is 18.0 Å². The fourth-order valence-corrected chi connectivity index (χ4v) is 3.21. The highest BCUT2D eigenvalue weighted by molar-refractivity contribution is 6.02. The number of amides is 1. The van der Waals surface area contributed by atoms with Crippen molar-refractivity contribution in [2.45, 2.75) is 27.0 Å². The molecule has 0 bridgehead atoms. The van der Waals surface area contributed by atoms with Crippen molar-refractivity contribution < 1.29 is 13.9 Å². The monoisotopic (exact) mass is 401 g/mol. The molecular weight excluding hydrogens is 378 g/mol. The highest BCUT2D eigenvalue weighted by Gasteiger charge is 2.13. The van der Waals surface area contributed by atoms with E-state index in [0.717, 1.165) is 16.9 Å². The Morgan fingerprint density at radius 1 is 1.10 bits per heavy atom. The zero-order chi connectivity index (χ0) is 20.9. The van der Waals surface area contributed by atoms with E-state index in [1.165, 1.54) is 5.56 Å². The number of benzene rings is 2. The van der Waals surface area contributed by atoms with Crippen molar-refractivity contribution >= 4 is 11.6 Å². The number of furan rings is 1. The molecule has 0 spiro atoms. The van der Waals surface area contributed by atoms with Crippen molar-refractivity contribution in [3.8, 4) is 5.75 Å². The number of aromatic nitrogens is 2. The molecule has 0 atom stereocenters. The van der Waals surface area contributed by atoms with Crippen LogP contribution in [-0.2, 0) is 13.2 Å². The maximum atomic E-state index is 12.6. The molecule has 2 heterocycles. The molecule has 0 fully saturated rings. The normalized spacial score (nSPS) is 10.7. The third-order valence-electron chi connectivity index (χ3n) is 4.67. The molecule has 0 saturated heterocycles. The van der Waals surface area contributed by atoms with Crippen LogP contribution in [0.1, 0.15) is 33.0 Å². The summed E-state index contributed by atoms with van der Waals surface area (Å²) in [5.74, 6) is 1.33. The van der Waals surface area contributed by atoms with E-state index in [-0.39, 0.29) is 18.3 Å². The quantitative estimate of drug-likeness (QED) is 0.475. The molecule has 0 aliphatic heterocycles. The molecule has 0 radical (unpaired) electrons. The number of anilines is 1. The van der Waals surface area contributed by atoms with Crippen molar-refractivity contribution in [3.05, 3.63) is 101 Å². The van der Waals surface area contributed by atoms with Crippen LogP contribution in [0.3, 0.4) is 0 Å². The molecule has 4 rings (SSSR count). The first-order valence-corrected chi connectivity index (χ1v) is 9.73. The second-order valence-electron chi connectivity index (χ2n) is 7.18. The Bertz CT molecular complexity index is 1150. The molecular formula is C24H23N3O3. The van der Waals surface area contributed by atoms with Crippen molar-refractivity contribution in [1.82, 2.24) is 9.78 Å². The van der Waals surface area contributed by atoms with Crippen LogP contribution in [0.15, 0.2) is 77.5 Å². The van der Waals surface area contributed by atoms with Crippen molar-refractivity contribution in [2.24, 2.45) is 0 Å². The van der Waals surface area contributed by atoms with Gasteiger partial charge >= 0.3 is 0 Å². The van der Waals surface area contributed by atoms with Crippen LogP contribution >= 0.6 is 0 Å². The maximum Gasteiger partial charge on any atom is 0.291 e. The summed E-state index contributed by atoms with van der Waals surface area (Å²) in [4.78, 5) is 12.6. The van der Waals surface area contributed by atoms with E-state index in [2.05, 4.69) is 16.5 Å². The number of carbonyl (C=O) groups is 1. The Labute approximate surface area is 175 Å². The smallest absolute Gasteiger partial charge is 0.291 e. The first kappa shape index (κ1) is 19.5. The highest BCUT2D eigenvalue weighted by Crippen LogP contribution is 2.21. The average Bonchev–Trinajstić information content (AvgIpc) is 3.40.